The van der Waals surface area contributed by atoms with Gasteiger partial charge >= 0.3 is 0 Å². The monoisotopic (exact) mass is 325 g/mol. The number of anilines is 2. The van der Waals surface area contributed by atoms with Crippen LogP contribution in [0.15, 0.2) is 18.2 Å². The molecule has 1 aromatic carbocycles. The molecule has 1 aliphatic heterocycles. The van der Waals surface area contributed by atoms with Gasteiger partial charge in [0.2, 0.25) is 0 Å². The van der Waals surface area contributed by atoms with E-state index in [4.69, 9.17) is 23.8 Å². The van der Waals surface area contributed by atoms with Gasteiger partial charge < -0.3 is 15.5 Å². The Morgan fingerprint density at radius 2 is 2.05 bits per heavy atom. The first-order valence-electron chi connectivity index (χ1n) is 7.80. The molecule has 0 saturated carbocycles. The van der Waals surface area contributed by atoms with Gasteiger partial charge in [0, 0.05) is 24.7 Å². The molecule has 0 aromatic heterocycles. The van der Waals surface area contributed by atoms with Gasteiger partial charge in [-0.1, -0.05) is 24.9 Å². The van der Waals surface area contributed by atoms with Crippen LogP contribution in [0, 0.1) is 0 Å². The number of hydrogen-bond donors (Lipinski definition) is 2. The first-order chi connectivity index (χ1) is 10.2. The van der Waals surface area contributed by atoms with Crippen LogP contribution < -0.4 is 15.5 Å². The smallest absolute Gasteiger partial charge is 0.170 e. The fraction of sp³-hybridized carbons (Fsp3) is 0.562. The van der Waals surface area contributed by atoms with Crippen molar-refractivity contribution in [2.24, 2.45) is 0 Å². The summed E-state index contributed by atoms with van der Waals surface area (Å²) in [6.45, 7) is 5.28. The molecule has 0 amide bonds. The third-order valence-electron chi connectivity index (χ3n) is 3.72. The predicted molar refractivity (Wildman–Crippen MR) is 96.6 cm³/mol. The lowest BCUT2D eigenvalue weighted by Gasteiger charge is -2.31. The second kappa shape index (κ2) is 8.44. The Bertz CT molecular complexity index is 473. The lowest BCUT2D eigenvalue weighted by molar-refractivity contribution is 0.578. The number of hydrogen-bond acceptors (Lipinski definition) is 2. The fourth-order valence-electron chi connectivity index (χ4n) is 2.56. The number of nitrogens with one attached hydrogen (secondary N) is 2. The van der Waals surface area contributed by atoms with Crippen molar-refractivity contribution < 1.29 is 0 Å². The summed E-state index contributed by atoms with van der Waals surface area (Å²) in [4.78, 5) is 2.41. The van der Waals surface area contributed by atoms with E-state index >= 15 is 0 Å². The van der Waals surface area contributed by atoms with Gasteiger partial charge in [0.1, 0.15) is 0 Å². The van der Waals surface area contributed by atoms with Crippen molar-refractivity contribution in [2.75, 3.05) is 29.9 Å². The summed E-state index contributed by atoms with van der Waals surface area (Å²) >= 11 is 11.5. The van der Waals surface area contributed by atoms with Crippen LogP contribution in [0.5, 0.6) is 0 Å². The van der Waals surface area contributed by atoms with Crippen molar-refractivity contribution in [3.63, 3.8) is 0 Å². The topological polar surface area (TPSA) is 27.3 Å². The minimum Gasteiger partial charge on any atom is -0.370 e. The van der Waals surface area contributed by atoms with E-state index in [9.17, 15) is 0 Å². The molecule has 2 rings (SSSR count). The Hall–Kier alpha value is -1.00. The van der Waals surface area contributed by atoms with E-state index in [1.165, 1.54) is 24.9 Å². The van der Waals surface area contributed by atoms with Gasteiger partial charge in [-0.3, -0.25) is 0 Å². The van der Waals surface area contributed by atoms with Crippen LogP contribution in [0.3, 0.4) is 0 Å². The molecule has 3 nitrogen and oxygen atoms in total. The maximum Gasteiger partial charge on any atom is 0.170 e. The van der Waals surface area contributed by atoms with Crippen LogP contribution in [0.1, 0.15) is 39.0 Å². The lowest BCUT2D eigenvalue weighted by Crippen LogP contribution is -2.32. The molecule has 1 aromatic rings. The standard InChI is InChI=1S/C16H24ClN3S/c1-2-3-9-18-16(21)19-14-12-13(17)7-8-15(14)20-10-5-4-6-11-20/h7-8,12H,2-6,9-11H2,1H3,(H2,18,19,21). The third kappa shape index (κ3) is 5.04. The number of benzene rings is 1. The van der Waals surface area contributed by atoms with Crippen LogP contribution in [-0.2, 0) is 0 Å². The Morgan fingerprint density at radius 3 is 2.76 bits per heavy atom. The molecule has 1 heterocycles. The van der Waals surface area contributed by atoms with Gasteiger partial charge in [-0.25, -0.2) is 0 Å². The summed E-state index contributed by atoms with van der Waals surface area (Å²) in [6.07, 6.45) is 6.11. The van der Waals surface area contributed by atoms with E-state index in [2.05, 4.69) is 28.5 Å². The summed E-state index contributed by atoms with van der Waals surface area (Å²) in [7, 11) is 0. The Morgan fingerprint density at radius 1 is 1.29 bits per heavy atom. The summed E-state index contributed by atoms with van der Waals surface area (Å²) in [5, 5.41) is 7.94. The molecule has 0 unspecified atom stereocenters. The zero-order valence-corrected chi connectivity index (χ0v) is 14.2. The van der Waals surface area contributed by atoms with Crippen molar-refractivity contribution in [1.29, 1.82) is 0 Å². The Balaban J connectivity index is 2.05. The molecule has 0 bridgehead atoms. The van der Waals surface area contributed by atoms with Gasteiger partial charge in [-0.2, -0.15) is 0 Å². The fourth-order valence-corrected chi connectivity index (χ4v) is 2.95. The van der Waals surface area contributed by atoms with Crippen molar-refractivity contribution in [3.8, 4) is 0 Å². The van der Waals surface area contributed by atoms with Gasteiger partial charge in [-0.05, 0) is 56.1 Å². The first-order valence-corrected chi connectivity index (χ1v) is 8.58. The number of piperidine rings is 1. The Kier molecular flexibility index (Phi) is 6.58. The van der Waals surface area contributed by atoms with E-state index in [-0.39, 0.29) is 0 Å². The molecule has 0 spiro atoms. The highest BCUT2D eigenvalue weighted by molar-refractivity contribution is 7.80. The van der Waals surface area contributed by atoms with Crippen LogP contribution in [0.4, 0.5) is 11.4 Å². The predicted octanol–water partition coefficient (Wildman–Crippen LogP) is 4.42. The van der Waals surface area contributed by atoms with E-state index in [0.717, 1.165) is 43.2 Å². The number of nitrogens with zero attached hydrogens (tertiary/aromatic N) is 1. The summed E-state index contributed by atoms with van der Waals surface area (Å²) in [6, 6.07) is 5.99. The molecule has 5 heteroatoms. The quantitative estimate of drug-likeness (QED) is 0.619. The van der Waals surface area contributed by atoms with Crippen LogP contribution in [0.25, 0.3) is 0 Å². The zero-order chi connectivity index (χ0) is 15.1. The summed E-state index contributed by atoms with van der Waals surface area (Å²) in [5.41, 5.74) is 2.19. The zero-order valence-electron chi connectivity index (χ0n) is 12.6. The molecule has 1 fully saturated rings. The van der Waals surface area contributed by atoms with Crippen LogP contribution in [0.2, 0.25) is 5.02 Å². The molecule has 116 valence electrons. The average Bonchev–Trinajstić information content (AvgIpc) is 2.48. The molecule has 21 heavy (non-hydrogen) atoms. The molecular weight excluding hydrogens is 302 g/mol. The number of thiocarbonyl (C=S) groups is 1. The van der Waals surface area contributed by atoms with E-state index in [1.807, 2.05) is 12.1 Å². The summed E-state index contributed by atoms with van der Waals surface area (Å²) < 4.78 is 0. The summed E-state index contributed by atoms with van der Waals surface area (Å²) in [5.74, 6) is 0. The first kappa shape index (κ1) is 16.4. The number of rotatable bonds is 5. The Labute approximate surface area is 138 Å². The molecule has 1 saturated heterocycles. The van der Waals surface area contributed by atoms with Crippen molar-refractivity contribution in [1.82, 2.24) is 5.32 Å². The van der Waals surface area contributed by atoms with E-state index in [1.54, 1.807) is 0 Å². The third-order valence-corrected chi connectivity index (χ3v) is 4.20. The van der Waals surface area contributed by atoms with E-state index < -0.39 is 0 Å². The minimum atomic E-state index is 0.670. The molecule has 2 N–H and O–H groups in total. The highest BCUT2D eigenvalue weighted by atomic mass is 35.5. The number of unbranched alkanes of at least 4 members (excludes halogenated alkanes) is 1. The lowest BCUT2D eigenvalue weighted by atomic mass is 10.1. The molecule has 0 radical (unpaired) electrons. The maximum absolute atomic E-state index is 6.14. The highest BCUT2D eigenvalue weighted by Gasteiger charge is 2.15. The van der Waals surface area contributed by atoms with Crippen molar-refractivity contribution in [2.45, 2.75) is 39.0 Å². The van der Waals surface area contributed by atoms with E-state index in [0.29, 0.717) is 5.11 Å². The minimum absolute atomic E-state index is 0.670. The molecule has 0 aliphatic carbocycles. The van der Waals surface area contributed by atoms with Crippen molar-refractivity contribution in [3.05, 3.63) is 23.2 Å². The van der Waals surface area contributed by atoms with Gasteiger partial charge in [0.05, 0.1) is 11.4 Å². The van der Waals surface area contributed by atoms with Crippen LogP contribution >= 0.6 is 23.8 Å². The largest absolute Gasteiger partial charge is 0.370 e. The average molecular weight is 326 g/mol. The maximum atomic E-state index is 6.14. The van der Waals surface area contributed by atoms with Crippen molar-refractivity contribution >= 4 is 40.3 Å². The second-order valence-corrected chi connectivity index (χ2v) is 6.29. The molecular formula is C16H24ClN3S. The molecule has 1 aliphatic rings. The number of halogens is 1. The van der Waals surface area contributed by atoms with Gasteiger partial charge in [-0.15, -0.1) is 0 Å². The van der Waals surface area contributed by atoms with Gasteiger partial charge in [0.15, 0.2) is 5.11 Å². The molecule has 0 atom stereocenters. The highest BCUT2D eigenvalue weighted by Crippen LogP contribution is 2.31. The van der Waals surface area contributed by atoms with Gasteiger partial charge in [0.25, 0.3) is 0 Å². The second-order valence-electron chi connectivity index (χ2n) is 5.44. The normalized spacial score (nSPS) is 14.9. The SMILES string of the molecule is CCCCNC(=S)Nc1cc(Cl)ccc1N1CCCCC1. The van der Waals surface area contributed by atoms with Crippen LogP contribution in [-0.4, -0.2) is 24.7 Å².